The van der Waals surface area contributed by atoms with Crippen LogP contribution in [0.2, 0.25) is 0 Å². The molecule has 0 fully saturated rings. The Balaban J connectivity index is 1.76. The third kappa shape index (κ3) is 3.80. The summed E-state index contributed by atoms with van der Waals surface area (Å²) in [7, 11) is 1.69. The van der Waals surface area contributed by atoms with Gasteiger partial charge in [0.2, 0.25) is 0 Å². The molecule has 4 rings (SSSR count). The molecule has 1 atom stereocenters. The summed E-state index contributed by atoms with van der Waals surface area (Å²) in [5.74, 6) is 1.21. The lowest BCUT2D eigenvalue weighted by atomic mass is 9.91. The maximum absolute atomic E-state index is 5.28. The van der Waals surface area contributed by atoms with Crippen LogP contribution in [0.3, 0.4) is 0 Å². The molecule has 0 aliphatic heterocycles. The van der Waals surface area contributed by atoms with Crippen LogP contribution in [0, 0.1) is 20.8 Å². The largest absolute Gasteiger partial charge is 0.497 e. The van der Waals surface area contributed by atoms with Crippen molar-refractivity contribution in [1.82, 2.24) is 10.2 Å². The summed E-state index contributed by atoms with van der Waals surface area (Å²) >= 11 is 0. The Hall–Kier alpha value is -3.20. The van der Waals surface area contributed by atoms with Gasteiger partial charge in [0.05, 0.1) is 12.8 Å². The lowest BCUT2D eigenvalue weighted by molar-refractivity contribution is 0.414. The van der Waals surface area contributed by atoms with Crippen molar-refractivity contribution < 1.29 is 4.74 Å². The first-order chi connectivity index (χ1) is 14.5. The van der Waals surface area contributed by atoms with E-state index in [9.17, 15) is 0 Å². The van der Waals surface area contributed by atoms with Gasteiger partial charge in [-0.1, -0.05) is 61.0 Å². The lowest BCUT2D eigenvalue weighted by Crippen LogP contribution is -2.05. The Bertz CT molecular complexity index is 1170. The van der Waals surface area contributed by atoms with Crippen LogP contribution < -0.4 is 4.74 Å². The molecule has 0 radical (unpaired) electrons. The zero-order chi connectivity index (χ0) is 21.3. The minimum Gasteiger partial charge on any atom is -0.497 e. The third-order valence-electron chi connectivity index (χ3n) is 5.86. The number of rotatable bonds is 5. The van der Waals surface area contributed by atoms with E-state index < -0.39 is 0 Å². The van der Waals surface area contributed by atoms with Crippen LogP contribution in [0.4, 0.5) is 0 Å². The fourth-order valence-corrected chi connectivity index (χ4v) is 4.39. The van der Waals surface area contributed by atoms with Gasteiger partial charge in [-0.3, -0.25) is 0 Å². The van der Waals surface area contributed by atoms with Crippen molar-refractivity contribution in [3.63, 3.8) is 0 Å². The average molecular weight is 397 g/mol. The molecule has 0 saturated heterocycles. The Kier molecular flexibility index (Phi) is 5.54. The predicted molar refractivity (Wildman–Crippen MR) is 124 cm³/mol. The van der Waals surface area contributed by atoms with E-state index in [2.05, 4.69) is 76.2 Å². The van der Waals surface area contributed by atoms with Gasteiger partial charge in [-0.25, -0.2) is 0 Å². The number of aromatic nitrogens is 2. The van der Waals surface area contributed by atoms with E-state index >= 15 is 0 Å². The monoisotopic (exact) mass is 396 g/mol. The molecule has 0 aliphatic carbocycles. The van der Waals surface area contributed by atoms with Gasteiger partial charge < -0.3 is 4.74 Å². The highest BCUT2D eigenvalue weighted by Gasteiger charge is 2.17. The van der Waals surface area contributed by atoms with Crippen molar-refractivity contribution in [3.8, 4) is 17.0 Å². The summed E-state index contributed by atoms with van der Waals surface area (Å²) in [5, 5.41) is 11.8. The molecule has 3 heteroatoms. The minimum absolute atomic E-state index is 0.335. The van der Waals surface area contributed by atoms with Gasteiger partial charge in [-0.2, -0.15) is 5.10 Å². The molecular weight excluding hydrogens is 368 g/mol. The van der Waals surface area contributed by atoms with Gasteiger partial charge in [0, 0.05) is 16.3 Å². The zero-order valence-electron chi connectivity index (χ0n) is 18.4. The van der Waals surface area contributed by atoms with Crippen LogP contribution in [-0.2, 0) is 6.42 Å². The molecule has 30 heavy (non-hydrogen) atoms. The van der Waals surface area contributed by atoms with Gasteiger partial charge in [-0.15, -0.1) is 5.10 Å². The first-order valence-corrected chi connectivity index (χ1v) is 10.4. The number of methoxy groups -OCH3 is 1. The maximum atomic E-state index is 5.28. The number of aryl methyl sites for hydroxylation is 3. The summed E-state index contributed by atoms with van der Waals surface area (Å²) < 4.78 is 5.28. The van der Waals surface area contributed by atoms with Gasteiger partial charge in [-0.05, 0) is 61.9 Å². The Morgan fingerprint density at radius 2 is 1.47 bits per heavy atom. The van der Waals surface area contributed by atoms with Crippen LogP contribution in [-0.4, -0.2) is 17.3 Å². The lowest BCUT2D eigenvalue weighted by Gasteiger charge is -2.16. The number of hydrogen-bond donors (Lipinski definition) is 0. The summed E-state index contributed by atoms with van der Waals surface area (Å²) in [4.78, 5) is 0. The van der Waals surface area contributed by atoms with Gasteiger partial charge >= 0.3 is 0 Å². The molecule has 0 spiro atoms. The Labute approximate surface area is 178 Å². The highest BCUT2D eigenvalue weighted by atomic mass is 16.5. The smallest absolute Gasteiger partial charge is 0.118 e. The van der Waals surface area contributed by atoms with Crippen molar-refractivity contribution in [2.75, 3.05) is 7.11 Å². The van der Waals surface area contributed by atoms with E-state index in [1.54, 1.807) is 7.11 Å². The van der Waals surface area contributed by atoms with E-state index in [0.717, 1.165) is 23.6 Å². The van der Waals surface area contributed by atoms with Crippen molar-refractivity contribution in [2.24, 2.45) is 0 Å². The first kappa shape index (κ1) is 20.1. The maximum Gasteiger partial charge on any atom is 0.118 e. The Morgan fingerprint density at radius 3 is 2.10 bits per heavy atom. The summed E-state index contributed by atoms with van der Waals surface area (Å²) in [6, 6.07) is 21.2. The van der Waals surface area contributed by atoms with E-state index in [-0.39, 0.29) is 0 Å². The van der Waals surface area contributed by atoms with Crippen molar-refractivity contribution >= 4 is 10.8 Å². The van der Waals surface area contributed by atoms with Gasteiger partial charge in [0.25, 0.3) is 0 Å². The fraction of sp³-hybridized carbons (Fsp3) is 0.259. The van der Waals surface area contributed by atoms with Crippen LogP contribution in [0.1, 0.15) is 40.8 Å². The molecule has 1 aromatic heterocycles. The average Bonchev–Trinajstić information content (AvgIpc) is 2.74. The number of fused-ring (bicyclic) bond motifs is 1. The first-order valence-electron chi connectivity index (χ1n) is 10.4. The van der Waals surface area contributed by atoms with E-state index in [1.807, 2.05) is 12.1 Å². The minimum atomic E-state index is 0.335. The number of nitrogens with zero attached hydrogens (tertiary/aromatic N) is 2. The molecule has 0 aliphatic rings. The molecule has 0 bridgehead atoms. The molecule has 3 nitrogen and oxygen atoms in total. The van der Waals surface area contributed by atoms with Gasteiger partial charge in [0.15, 0.2) is 0 Å². The van der Waals surface area contributed by atoms with Gasteiger partial charge in [0.1, 0.15) is 11.4 Å². The molecule has 1 heterocycles. The van der Waals surface area contributed by atoms with E-state index in [4.69, 9.17) is 14.9 Å². The number of ether oxygens (including phenoxy) is 1. The third-order valence-corrected chi connectivity index (χ3v) is 5.86. The van der Waals surface area contributed by atoms with Crippen LogP contribution in [0.25, 0.3) is 22.0 Å². The van der Waals surface area contributed by atoms with Crippen molar-refractivity contribution in [1.29, 1.82) is 0 Å². The number of benzene rings is 3. The highest BCUT2D eigenvalue weighted by Crippen LogP contribution is 2.34. The molecule has 0 saturated carbocycles. The number of hydrogen-bond acceptors (Lipinski definition) is 3. The van der Waals surface area contributed by atoms with Crippen molar-refractivity contribution in [3.05, 3.63) is 88.6 Å². The quantitative estimate of drug-likeness (QED) is 0.382. The zero-order valence-corrected chi connectivity index (χ0v) is 18.4. The summed E-state index contributed by atoms with van der Waals surface area (Å²) in [5.41, 5.74) is 8.24. The second kappa shape index (κ2) is 8.27. The molecule has 4 aromatic rings. The second-order valence-electron chi connectivity index (χ2n) is 8.19. The van der Waals surface area contributed by atoms with Crippen LogP contribution >= 0.6 is 0 Å². The Morgan fingerprint density at radius 1 is 0.833 bits per heavy atom. The SMILES string of the molecule is COc1ccc([C@H](C)Cc2nnc(-c3c(C)cc(C)cc3C)c3ccccc23)cc1. The molecule has 0 amide bonds. The van der Waals surface area contributed by atoms with Crippen LogP contribution in [0.15, 0.2) is 60.7 Å². The molecule has 0 unspecified atom stereocenters. The highest BCUT2D eigenvalue weighted by molar-refractivity contribution is 5.96. The molecular formula is C27H28N2O. The molecule has 0 N–H and O–H groups in total. The fourth-order valence-electron chi connectivity index (χ4n) is 4.39. The second-order valence-corrected chi connectivity index (χ2v) is 8.19. The topological polar surface area (TPSA) is 35.0 Å². The van der Waals surface area contributed by atoms with Crippen molar-refractivity contribution in [2.45, 2.75) is 40.0 Å². The normalized spacial score (nSPS) is 12.2. The summed E-state index contributed by atoms with van der Waals surface area (Å²) in [6.45, 7) is 8.69. The predicted octanol–water partition coefficient (Wildman–Crippen LogP) is 6.58. The van der Waals surface area contributed by atoms with E-state index in [1.165, 1.54) is 38.6 Å². The molecule has 152 valence electrons. The standard InChI is InChI=1S/C27H28N2O/c1-17-14-19(3)26(20(4)15-17)27-24-9-7-6-8-23(24)25(28-29-27)16-18(2)21-10-12-22(30-5)13-11-21/h6-15,18H,16H2,1-5H3/t18-/m1/s1. The van der Waals surface area contributed by atoms with Crippen LogP contribution in [0.5, 0.6) is 5.75 Å². The molecule has 3 aromatic carbocycles. The summed E-state index contributed by atoms with van der Waals surface area (Å²) in [6.07, 6.45) is 0.839. The van der Waals surface area contributed by atoms with E-state index in [0.29, 0.717) is 5.92 Å².